The Kier molecular flexibility index (Phi) is 4.80. The first kappa shape index (κ1) is 13.9. The third-order valence-electron chi connectivity index (χ3n) is 3.22. The van der Waals surface area contributed by atoms with Gasteiger partial charge in [-0.15, -0.1) is 0 Å². The minimum Gasteiger partial charge on any atom is -0.389 e. The summed E-state index contributed by atoms with van der Waals surface area (Å²) in [7, 11) is 0. The number of aromatic nitrogens is 1. The predicted molar refractivity (Wildman–Crippen MR) is 84.2 cm³/mol. The maximum absolute atomic E-state index is 5.90. The Morgan fingerprint density at radius 2 is 1.79 bits per heavy atom. The molecule has 2 aromatic rings. The van der Waals surface area contributed by atoms with Crippen LogP contribution in [0.2, 0.25) is 0 Å². The zero-order valence-electron chi connectivity index (χ0n) is 11.4. The third-order valence-corrected chi connectivity index (χ3v) is 3.93. The lowest BCUT2D eigenvalue weighted by molar-refractivity contribution is 0.667. The number of thiazole rings is 1. The van der Waals surface area contributed by atoms with E-state index in [9.17, 15) is 0 Å². The lowest BCUT2D eigenvalue weighted by atomic mass is 10.0. The van der Waals surface area contributed by atoms with Crippen molar-refractivity contribution in [3.63, 3.8) is 0 Å². The summed E-state index contributed by atoms with van der Waals surface area (Å²) in [5.41, 5.74) is 14.8. The first-order valence-corrected chi connectivity index (χ1v) is 7.63. The van der Waals surface area contributed by atoms with Crippen molar-refractivity contribution in [2.75, 3.05) is 11.5 Å². The van der Waals surface area contributed by atoms with Gasteiger partial charge in [0.05, 0.1) is 0 Å². The fraction of sp³-hybridized carbons (Fsp3) is 0.400. The van der Waals surface area contributed by atoms with Crippen molar-refractivity contribution in [2.45, 2.75) is 39.0 Å². The molecule has 0 radical (unpaired) electrons. The van der Waals surface area contributed by atoms with Crippen LogP contribution in [0.25, 0.3) is 11.3 Å². The first-order chi connectivity index (χ1) is 9.20. The van der Waals surface area contributed by atoms with Crippen LogP contribution in [0.5, 0.6) is 0 Å². The van der Waals surface area contributed by atoms with Crippen LogP contribution in [0.3, 0.4) is 0 Å². The van der Waals surface area contributed by atoms with Crippen LogP contribution in [0, 0.1) is 0 Å². The van der Waals surface area contributed by atoms with Crippen molar-refractivity contribution < 1.29 is 0 Å². The van der Waals surface area contributed by atoms with Gasteiger partial charge in [-0.1, -0.05) is 61.8 Å². The Morgan fingerprint density at radius 1 is 1.05 bits per heavy atom. The summed E-state index contributed by atoms with van der Waals surface area (Å²) in [6.07, 6.45) is 6.33. The van der Waals surface area contributed by atoms with Crippen LogP contribution in [0.4, 0.5) is 10.1 Å². The average molecular weight is 275 g/mol. The Balaban J connectivity index is 2.00. The van der Waals surface area contributed by atoms with Gasteiger partial charge in [0.1, 0.15) is 10.7 Å². The largest absolute Gasteiger partial charge is 0.389 e. The molecule has 0 unspecified atom stereocenters. The van der Waals surface area contributed by atoms with Gasteiger partial charge >= 0.3 is 0 Å². The number of hydrogen-bond acceptors (Lipinski definition) is 4. The molecule has 0 spiro atoms. The maximum atomic E-state index is 5.90. The van der Waals surface area contributed by atoms with E-state index in [1.165, 1.54) is 42.6 Å². The molecule has 0 saturated heterocycles. The topological polar surface area (TPSA) is 64.9 Å². The molecule has 0 aliphatic rings. The monoisotopic (exact) mass is 275 g/mol. The van der Waals surface area contributed by atoms with Crippen LogP contribution in [0.1, 0.15) is 38.2 Å². The van der Waals surface area contributed by atoms with E-state index in [0.717, 1.165) is 17.7 Å². The van der Waals surface area contributed by atoms with Crippen molar-refractivity contribution in [3.8, 4) is 11.3 Å². The molecule has 0 saturated carbocycles. The number of unbranched alkanes of at least 4 members (excludes halogenated alkanes) is 3. The molecule has 4 N–H and O–H groups in total. The molecule has 3 nitrogen and oxygen atoms in total. The molecule has 0 amide bonds. The van der Waals surface area contributed by atoms with E-state index >= 15 is 0 Å². The van der Waals surface area contributed by atoms with Gasteiger partial charge in [-0.05, 0) is 18.4 Å². The highest BCUT2D eigenvalue weighted by molar-refractivity contribution is 7.19. The van der Waals surface area contributed by atoms with Gasteiger partial charge in [0.2, 0.25) is 0 Å². The molecule has 0 aliphatic carbocycles. The van der Waals surface area contributed by atoms with E-state index in [2.05, 4.69) is 36.2 Å². The van der Waals surface area contributed by atoms with Gasteiger partial charge in [-0.2, -0.15) is 0 Å². The van der Waals surface area contributed by atoms with Crippen molar-refractivity contribution in [3.05, 3.63) is 29.8 Å². The fourth-order valence-electron chi connectivity index (χ4n) is 2.14. The Hall–Kier alpha value is -1.55. The minimum atomic E-state index is 0.524. The zero-order chi connectivity index (χ0) is 13.7. The van der Waals surface area contributed by atoms with Gasteiger partial charge in [0, 0.05) is 5.56 Å². The quantitative estimate of drug-likeness (QED) is 0.780. The fourth-order valence-corrected chi connectivity index (χ4v) is 2.76. The number of nitrogens with zero attached hydrogens (tertiary/aromatic N) is 1. The molecule has 0 bridgehead atoms. The number of benzene rings is 1. The Morgan fingerprint density at radius 3 is 2.37 bits per heavy atom. The minimum absolute atomic E-state index is 0.524. The molecule has 2 rings (SSSR count). The van der Waals surface area contributed by atoms with Crippen molar-refractivity contribution >= 4 is 21.5 Å². The molecule has 19 heavy (non-hydrogen) atoms. The number of anilines is 2. The van der Waals surface area contributed by atoms with E-state index < -0.39 is 0 Å². The summed E-state index contributed by atoms with van der Waals surface area (Å²) in [4.78, 5) is 4.27. The highest BCUT2D eigenvalue weighted by Gasteiger charge is 2.08. The lowest BCUT2D eigenvalue weighted by Gasteiger charge is -2.03. The van der Waals surface area contributed by atoms with Gasteiger partial charge in [0.25, 0.3) is 0 Å². The number of nitrogens with two attached hydrogens (primary N) is 2. The normalized spacial score (nSPS) is 10.8. The van der Waals surface area contributed by atoms with Crippen molar-refractivity contribution in [1.29, 1.82) is 0 Å². The van der Waals surface area contributed by atoms with Crippen LogP contribution in [-0.2, 0) is 6.42 Å². The molecule has 0 atom stereocenters. The summed E-state index contributed by atoms with van der Waals surface area (Å²) >= 11 is 1.33. The summed E-state index contributed by atoms with van der Waals surface area (Å²) in [5.74, 6) is 0. The summed E-state index contributed by atoms with van der Waals surface area (Å²) in [5, 5.41) is 1.21. The molecule has 102 valence electrons. The van der Waals surface area contributed by atoms with Gasteiger partial charge in [-0.3, -0.25) is 0 Å². The van der Waals surface area contributed by atoms with Gasteiger partial charge in [-0.25, -0.2) is 4.98 Å². The lowest BCUT2D eigenvalue weighted by Crippen LogP contribution is -1.89. The number of aryl methyl sites for hydroxylation is 1. The van der Waals surface area contributed by atoms with Gasteiger partial charge in [0.15, 0.2) is 5.13 Å². The standard InChI is InChI=1S/C15H21N3S/c1-2-3-4-5-6-11-7-9-12(10-8-11)13-14(16)19-15(17)18-13/h7-10H,2-6,16H2,1H3,(H2,17,18). The van der Waals surface area contributed by atoms with Crippen LogP contribution < -0.4 is 11.5 Å². The second kappa shape index (κ2) is 6.57. The molecular formula is C15H21N3S. The van der Waals surface area contributed by atoms with Crippen LogP contribution in [-0.4, -0.2) is 4.98 Å². The predicted octanol–water partition coefficient (Wildman–Crippen LogP) is 4.10. The average Bonchev–Trinajstić information content (AvgIpc) is 2.75. The van der Waals surface area contributed by atoms with Crippen LogP contribution in [0.15, 0.2) is 24.3 Å². The second-order valence-electron chi connectivity index (χ2n) is 4.77. The number of nitrogen functional groups attached to an aromatic ring is 2. The molecule has 0 fully saturated rings. The number of rotatable bonds is 6. The summed E-state index contributed by atoms with van der Waals surface area (Å²) < 4.78 is 0. The van der Waals surface area contributed by atoms with E-state index in [4.69, 9.17) is 11.5 Å². The van der Waals surface area contributed by atoms with Crippen LogP contribution >= 0.6 is 11.3 Å². The SMILES string of the molecule is CCCCCCc1ccc(-c2nc(N)sc2N)cc1. The van der Waals surface area contributed by atoms with Crippen molar-refractivity contribution in [2.24, 2.45) is 0 Å². The molecule has 0 aliphatic heterocycles. The van der Waals surface area contributed by atoms with E-state index in [-0.39, 0.29) is 0 Å². The zero-order valence-corrected chi connectivity index (χ0v) is 12.2. The molecule has 1 aromatic carbocycles. The van der Waals surface area contributed by atoms with Gasteiger partial charge < -0.3 is 11.5 Å². The Labute approximate surface area is 118 Å². The highest BCUT2D eigenvalue weighted by Crippen LogP contribution is 2.31. The van der Waals surface area contributed by atoms with Crippen molar-refractivity contribution in [1.82, 2.24) is 4.98 Å². The maximum Gasteiger partial charge on any atom is 0.182 e. The molecule has 1 heterocycles. The summed E-state index contributed by atoms with van der Waals surface area (Å²) in [6.45, 7) is 2.23. The molecule has 1 aromatic heterocycles. The first-order valence-electron chi connectivity index (χ1n) is 6.81. The summed E-state index contributed by atoms with van der Waals surface area (Å²) in [6, 6.07) is 8.49. The number of hydrogen-bond donors (Lipinski definition) is 2. The highest BCUT2D eigenvalue weighted by atomic mass is 32.1. The Bertz CT molecular complexity index is 517. The third kappa shape index (κ3) is 3.70. The smallest absolute Gasteiger partial charge is 0.182 e. The second-order valence-corrected chi connectivity index (χ2v) is 5.83. The van der Waals surface area contributed by atoms with E-state index in [0.29, 0.717) is 10.1 Å². The molecule has 4 heteroatoms. The van der Waals surface area contributed by atoms with E-state index in [1.54, 1.807) is 0 Å². The van der Waals surface area contributed by atoms with E-state index in [1.807, 2.05) is 0 Å². The molecular weight excluding hydrogens is 254 g/mol.